The summed E-state index contributed by atoms with van der Waals surface area (Å²) in [6, 6.07) is 13.2. The highest BCUT2D eigenvalue weighted by molar-refractivity contribution is 6.35. The number of benzene rings is 2. The number of carbonyl (C=O) groups excluding carboxylic acids is 2. The summed E-state index contributed by atoms with van der Waals surface area (Å²) in [6.07, 6.45) is 1.50. The first-order chi connectivity index (χ1) is 13.3. The molecule has 0 atom stereocenters. The summed E-state index contributed by atoms with van der Waals surface area (Å²) in [6.45, 7) is 6.79. The molecule has 0 bridgehead atoms. The monoisotopic (exact) mass is 381 g/mol. The third kappa shape index (κ3) is 4.88. The lowest BCUT2D eigenvalue weighted by molar-refractivity contribution is -0.139. The average Bonchev–Trinajstić information content (AvgIpc) is 3.13. The summed E-state index contributed by atoms with van der Waals surface area (Å²) in [4.78, 5) is 23.7. The van der Waals surface area contributed by atoms with Gasteiger partial charge < -0.3 is 14.8 Å². The number of hydrogen-bond acceptors (Lipinski definition) is 5. The van der Waals surface area contributed by atoms with Crippen molar-refractivity contribution in [1.82, 2.24) is 10.7 Å². The van der Waals surface area contributed by atoms with Crippen molar-refractivity contribution in [1.29, 1.82) is 0 Å². The zero-order valence-electron chi connectivity index (χ0n) is 16.1. The molecule has 0 fully saturated rings. The first kappa shape index (κ1) is 19.4. The quantitative estimate of drug-likeness (QED) is 0.484. The molecule has 1 aliphatic rings. The molecule has 7 nitrogen and oxygen atoms in total. The Hall–Kier alpha value is -3.35. The first-order valence-electron chi connectivity index (χ1n) is 8.93. The van der Waals surface area contributed by atoms with Gasteiger partial charge in [0, 0.05) is 6.54 Å². The van der Waals surface area contributed by atoms with Crippen molar-refractivity contribution >= 4 is 18.0 Å². The van der Waals surface area contributed by atoms with Crippen LogP contribution in [0.2, 0.25) is 0 Å². The van der Waals surface area contributed by atoms with Gasteiger partial charge in [-0.15, -0.1) is 0 Å². The number of nitrogens with zero attached hydrogens (tertiary/aromatic N) is 1. The average molecular weight is 381 g/mol. The number of rotatable bonds is 4. The van der Waals surface area contributed by atoms with E-state index in [9.17, 15) is 9.59 Å². The molecule has 146 valence electrons. The summed E-state index contributed by atoms with van der Waals surface area (Å²) in [5, 5.41) is 6.38. The summed E-state index contributed by atoms with van der Waals surface area (Å²) < 4.78 is 10.5. The summed E-state index contributed by atoms with van der Waals surface area (Å²) in [5.41, 5.74) is 5.13. The molecule has 0 saturated carbocycles. The van der Waals surface area contributed by atoms with Crippen LogP contribution in [0.25, 0.3) is 0 Å². The Bertz CT molecular complexity index is 899. The van der Waals surface area contributed by atoms with Crippen molar-refractivity contribution in [3.63, 3.8) is 0 Å². The number of ether oxygens (including phenoxy) is 2. The summed E-state index contributed by atoms with van der Waals surface area (Å²) >= 11 is 0. The molecule has 0 unspecified atom stereocenters. The van der Waals surface area contributed by atoms with Gasteiger partial charge in [0.1, 0.15) is 0 Å². The minimum Gasteiger partial charge on any atom is -0.454 e. The minimum absolute atomic E-state index is 0.0694. The molecule has 2 aromatic carbocycles. The maximum absolute atomic E-state index is 11.9. The van der Waals surface area contributed by atoms with Crippen LogP contribution in [0.15, 0.2) is 47.6 Å². The van der Waals surface area contributed by atoms with E-state index in [2.05, 4.69) is 36.6 Å². The molecule has 0 aliphatic carbocycles. The second kappa shape index (κ2) is 8.12. The van der Waals surface area contributed by atoms with Gasteiger partial charge in [0.25, 0.3) is 0 Å². The van der Waals surface area contributed by atoms with E-state index in [4.69, 9.17) is 9.47 Å². The van der Waals surface area contributed by atoms with Gasteiger partial charge in [-0.3, -0.25) is 9.59 Å². The second-order valence-electron chi connectivity index (χ2n) is 7.44. The number of hydrazone groups is 1. The molecule has 0 saturated heterocycles. The van der Waals surface area contributed by atoms with Gasteiger partial charge in [0.2, 0.25) is 6.79 Å². The van der Waals surface area contributed by atoms with Crippen molar-refractivity contribution in [3.05, 3.63) is 59.2 Å². The van der Waals surface area contributed by atoms with Crippen LogP contribution in [0.5, 0.6) is 11.5 Å². The smallest absolute Gasteiger partial charge is 0.329 e. The molecule has 2 aromatic rings. The van der Waals surface area contributed by atoms with Crippen LogP contribution >= 0.6 is 0 Å². The molecule has 0 radical (unpaired) electrons. The van der Waals surface area contributed by atoms with E-state index in [1.54, 1.807) is 18.2 Å². The van der Waals surface area contributed by atoms with Gasteiger partial charge >= 0.3 is 11.8 Å². The topological polar surface area (TPSA) is 89.0 Å². The van der Waals surface area contributed by atoms with Crippen molar-refractivity contribution < 1.29 is 19.1 Å². The number of fused-ring (bicyclic) bond motifs is 1. The molecular formula is C21H23N3O4. The Balaban J connectivity index is 1.47. The lowest BCUT2D eigenvalue weighted by Gasteiger charge is -2.18. The van der Waals surface area contributed by atoms with E-state index < -0.39 is 11.8 Å². The fourth-order valence-corrected chi connectivity index (χ4v) is 2.60. The molecule has 7 heteroatoms. The molecule has 2 N–H and O–H groups in total. The Kier molecular flexibility index (Phi) is 5.63. The largest absolute Gasteiger partial charge is 0.454 e. The van der Waals surface area contributed by atoms with Crippen LogP contribution in [0, 0.1) is 0 Å². The third-order valence-electron chi connectivity index (χ3n) is 4.25. The van der Waals surface area contributed by atoms with E-state index >= 15 is 0 Å². The number of hydrogen-bond donors (Lipinski definition) is 2. The standard InChI is InChI=1S/C21H23N3O4/c1-21(2,3)16-7-4-14(5-8-16)12-23-24-20(26)19(25)22-11-15-6-9-17-18(10-15)28-13-27-17/h4-10,12H,11,13H2,1-3H3,(H,22,25)(H,24,26). The van der Waals surface area contributed by atoms with Crippen LogP contribution in [-0.4, -0.2) is 24.8 Å². The lowest BCUT2D eigenvalue weighted by atomic mass is 9.87. The van der Waals surface area contributed by atoms with Gasteiger partial charge in [-0.25, -0.2) is 5.43 Å². The highest BCUT2D eigenvalue weighted by Crippen LogP contribution is 2.32. The van der Waals surface area contributed by atoms with E-state index in [0.29, 0.717) is 11.5 Å². The summed E-state index contributed by atoms with van der Waals surface area (Å²) in [5.74, 6) is -0.308. The second-order valence-corrected chi connectivity index (χ2v) is 7.44. The van der Waals surface area contributed by atoms with E-state index in [1.165, 1.54) is 11.8 Å². The molecule has 1 aliphatic heterocycles. The third-order valence-corrected chi connectivity index (χ3v) is 4.25. The highest BCUT2D eigenvalue weighted by atomic mass is 16.7. The first-order valence-corrected chi connectivity index (χ1v) is 8.93. The molecular weight excluding hydrogens is 358 g/mol. The zero-order valence-corrected chi connectivity index (χ0v) is 16.1. The van der Waals surface area contributed by atoms with Gasteiger partial charge in [0.15, 0.2) is 11.5 Å². The molecule has 0 spiro atoms. The minimum atomic E-state index is -0.830. The Morgan fingerprint density at radius 2 is 1.75 bits per heavy atom. The number of carbonyl (C=O) groups is 2. The number of amides is 2. The van der Waals surface area contributed by atoms with Gasteiger partial charge in [0.05, 0.1) is 6.21 Å². The van der Waals surface area contributed by atoms with Crippen molar-refractivity contribution in [2.45, 2.75) is 32.7 Å². The maximum Gasteiger partial charge on any atom is 0.329 e. The molecule has 0 aromatic heterocycles. The van der Waals surface area contributed by atoms with Crippen molar-refractivity contribution in [2.75, 3.05) is 6.79 Å². The Morgan fingerprint density at radius 1 is 1.04 bits per heavy atom. The van der Waals surface area contributed by atoms with Crippen molar-refractivity contribution in [2.24, 2.45) is 5.10 Å². The van der Waals surface area contributed by atoms with Crippen LogP contribution in [0.1, 0.15) is 37.5 Å². The Morgan fingerprint density at radius 3 is 2.46 bits per heavy atom. The van der Waals surface area contributed by atoms with Crippen LogP contribution in [0.4, 0.5) is 0 Å². The highest BCUT2D eigenvalue weighted by Gasteiger charge is 2.16. The van der Waals surface area contributed by atoms with Gasteiger partial charge in [-0.2, -0.15) is 5.10 Å². The maximum atomic E-state index is 11.9. The normalized spacial score (nSPS) is 12.8. The van der Waals surface area contributed by atoms with E-state index in [-0.39, 0.29) is 18.8 Å². The molecule has 2 amide bonds. The number of nitrogens with one attached hydrogen (secondary N) is 2. The molecule has 1 heterocycles. The SMILES string of the molecule is CC(C)(C)c1ccc(C=NNC(=O)C(=O)NCc2ccc3c(c2)OCO3)cc1. The van der Waals surface area contributed by atoms with Crippen LogP contribution < -0.4 is 20.2 Å². The lowest BCUT2D eigenvalue weighted by Crippen LogP contribution is -2.37. The fourth-order valence-electron chi connectivity index (χ4n) is 2.60. The predicted molar refractivity (Wildman–Crippen MR) is 105 cm³/mol. The fraction of sp³-hybridized carbons (Fsp3) is 0.286. The molecule has 28 heavy (non-hydrogen) atoms. The zero-order chi connectivity index (χ0) is 20.1. The molecule has 3 rings (SSSR count). The van der Waals surface area contributed by atoms with Gasteiger partial charge in [-0.1, -0.05) is 51.1 Å². The Labute approximate surface area is 163 Å². The summed E-state index contributed by atoms with van der Waals surface area (Å²) in [7, 11) is 0. The van der Waals surface area contributed by atoms with Gasteiger partial charge in [-0.05, 0) is 34.2 Å². The van der Waals surface area contributed by atoms with Crippen LogP contribution in [-0.2, 0) is 21.5 Å². The van der Waals surface area contributed by atoms with E-state index in [0.717, 1.165) is 11.1 Å². The van der Waals surface area contributed by atoms with Crippen LogP contribution in [0.3, 0.4) is 0 Å². The van der Waals surface area contributed by atoms with E-state index in [1.807, 2.05) is 24.3 Å². The van der Waals surface area contributed by atoms with Crippen molar-refractivity contribution in [3.8, 4) is 11.5 Å². The predicted octanol–water partition coefficient (Wildman–Crippen LogP) is 2.48.